The second-order valence-corrected chi connectivity index (χ2v) is 11.6. The quantitative estimate of drug-likeness (QED) is 0.168. The number of aryl methyl sites for hydroxylation is 4. The fourth-order valence-electron chi connectivity index (χ4n) is 5.89. The third kappa shape index (κ3) is 6.03. The Balaban J connectivity index is 1.40. The van der Waals surface area contributed by atoms with Gasteiger partial charge in [-0.3, -0.25) is 0 Å². The maximum absolute atomic E-state index is 7.12. The molecule has 6 rings (SSSR count). The van der Waals surface area contributed by atoms with E-state index in [-0.39, 0.29) is 0 Å². The normalized spacial score (nSPS) is 15.4. The fraction of sp³-hybridized carbons (Fsp3) is 0.250. The van der Waals surface area contributed by atoms with Crippen LogP contribution in [0.15, 0.2) is 109 Å². The first-order valence-electron chi connectivity index (χ1n) is 15.4. The molecule has 0 N–H and O–H groups in total. The maximum atomic E-state index is 7.12. The first kappa shape index (κ1) is 28.6. The zero-order chi connectivity index (χ0) is 29.8. The van der Waals surface area contributed by atoms with Gasteiger partial charge in [-0.25, -0.2) is 0 Å². The molecule has 1 atom stereocenters. The number of benzene rings is 5. The molecule has 3 heteroatoms. The highest BCUT2D eigenvalue weighted by atomic mass is 16.7. The summed E-state index contributed by atoms with van der Waals surface area (Å²) in [7, 11) is 0. The first-order chi connectivity index (χ1) is 21.0. The van der Waals surface area contributed by atoms with E-state index >= 15 is 0 Å². The average Bonchev–Trinajstić information content (AvgIpc) is 3.43. The minimum absolute atomic E-state index is 0.568. The zero-order valence-electron chi connectivity index (χ0n) is 25.7. The van der Waals surface area contributed by atoms with Gasteiger partial charge in [0.2, 0.25) is 0 Å². The molecule has 0 amide bonds. The van der Waals surface area contributed by atoms with Gasteiger partial charge in [-0.05, 0) is 85.2 Å². The van der Waals surface area contributed by atoms with Crippen LogP contribution in [-0.4, -0.2) is 6.61 Å². The van der Waals surface area contributed by atoms with Crippen molar-refractivity contribution in [1.29, 1.82) is 0 Å². The molecule has 1 heterocycles. The molecule has 0 bridgehead atoms. The number of ether oxygens (including phenoxy) is 3. The predicted molar refractivity (Wildman–Crippen MR) is 175 cm³/mol. The molecular weight excluding hydrogens is 528 g/mol. The van der Waals surface area contributed by atoms with Crippen molar-refractivity contribution in [2.45, 2.75) is 59.2 Å². The number of para-hydroxylation sites is 1. The molecule has 3 nitrogen and oxygen atoms in total. The summed E-state index contributed by atoms with van der Waals surface area (Å²) in [4.78, 5) is 0. The lowest BCUT2D eigenvalue weighted by molar-refractivity contribution is -0.0925. The smallest absolute Gasteiger partial charge is 0.278 e. The van der Waals surface area contributed by atoms with Gasteiger partial charge in [0.15, 0.2) is 11.5 Å². The Bertz CT molecular complexity index is 1690. The molecule has 218 valence electrons. The van der Waals surface area contributed by atoms with E-state index in [0.29, 0.717) is 13.0 Å². The van der Waals surface area contributed by atoms with E-state index in [4.69, 9.17) is 14.2 Å². The Kier molecular flexibility index (Phi) is 8.24. The van der Waals surface area contributed by atoms with Crippen LogP contribution < -0.4 is 14.2 Å². The van der Waals surface area contributed by atoms with Gasteiger partial charge in [0.05, 0.1) is 6.61 Å². The average molecular weight is 569 g/mol. The molecule has 0 aromatic heterocycles. The summed E-state index contributed by atoms with van der Waals surface area (Å²) in [5, 5.41) is 0. The van der Waals surface area contributed by atoms with E-state index in [1.54, 1.807) is 0 Å². The lowest BCUT2D eigenvalue weighted by atomic mass is 9.91. The molecule has 1 aliphatic rings. The van der Waals surface area contributed by atoms with Crippen molar-refractivity contribution in [1.82, 2.24) is 0 Å². The summed E-state index contributed by atoms with van der Waals surface area (Å²) in [6, 6.07) is 38.2. The van der Waals surface area contributed by atoms with Crippen molar-refractivity contribution in [3.05, 3.63) is 148 Å². The molecule has 43 heavy (non-hydrogen) atoms. The monoisotopic (exact) mass is 568 g/mol. The Hall–Kier alpha value is -4.50. The lowest BCUT2D eigenvalue weighted by Gasteiger charge is -2.29. The van der Waals surface area contributed by atoms with Gasteiger partial charge in [-0.1, -0.05) is 103 Å². The molecule has 0 spiro atoms. The zero-order valence-corrected chi connectivity index (χ0v) is 25.7. The summed E-state index contributed by atoms with van der Waals surface area (Å²) in [6.45, 7) is 9.23. The molecule has 5 aromatic carbocycles. The van der Waals surface area contributed by atoms with Gasteiger partial charge in [0, 0.05) is 24.0 Å². The topological polar surface area (TPSA) is 27.7 Å². The van der Waals surface area contributed by atoms with Crippen molar-refractivity contribution < 1.29 is 14.2 Å². The predicted octanol–water partition coefficient (Wildman–Crippen LogP) is 9.72. The van der Waals surface area contributed by atoms with E-state index in [2.05, 4.69) is 107 Å². The Morgan fingerprint density at radius 1 is 0.674 bits per heavy atom. The van der Waals surface area contributed by atoms with E-state index in [0.717, 1.165) is 47.6 Å². The molecule has 0 fully saturated rings. The van der Waals surface area contributed by atoms with Crippen LogP contribution in [0.1, 0.15) is 52.3 Å². The van der Waals surface area contributed by atoms with Crippen LogP contribution in [-0.2, 0) is 25.0 Å². The van der Waals surface area contributed by atoms with Gasteiger partial charge >= 0.3 is 0 Å². The summed E-state index contributed by atoms with van der Waals surface area (Å²) < 4.78 is 20.2. The van der Waals surface area contributed by atoms with Crippen LogP contribution in [0.3, 0.4) is 0 Å². The Morgan fingerprint density at radius 3 is 2.16 bits per heavy atom. The number of hydrogen-bond donors (Lipinski definition) is 0. The number of fused-ring (bicyclic) bond motifs is 1. The summed E-state index contributed by atoms with van der Waals surface area (Å²) in [6.07, 6.45) is 3.26. The SMILES string of the molecule is CCc1ccc(C2(CCc3ccc(C)cc3)Oc3ccc(CCOc4ccccc4)c(-c4cccc(C)c4C)c3O2)cc1. The van der Waals surface area contributed by atoms with Crippen LogP contribution in [0, 0.1) is 20.8 Å². The third-order valence-electron chi connectivity index (χ3n) is 8.67. The third-order valence-corrected chi connectivity index (χ3v) is 8.67. The molecule has 1 unspecified atom stereocenters. The molecular formula is C40H40O3. The minimum atomic E-state index is -0.925. The van der Waals surface area contributed by atoms with Gasteiger partial charge in [-0.15, -0.1) is 0 Å². The fourth-order valence-corrected chi connectivity index (χ4v) is 5.89. The van der Waals surface area contributed by atoms with Crippen molar-refractivity contribution in [2.75, 3.05) is 6.61 Å². The number of rotatable bonds is 10. The van der Waals surface area contributed by atoms with Crippen LogP contribution in [0.5, 0.6) is 17.2 Å². The van der Waals surface area contributed by atoms with Crippen LogP contribution in [0.2, 0.25) is 0 Å². The summed E-state index contributed by atoms with van der Waals surface area (Å²) in [5.41, 5.74) is 10.8. The van der Waals surface area contributed by atoms with E-state index < -0.39 is 5.79 Å². The highest BCUT2D eigenvalue weighted by Crippen LogP contribution is 2.53. The molecule has 1 aliphatic heterocycles. The standard InChI is InChI=1S/C40H40O3/c1-5-31-18-21-34(22-19-31)40(26-24-32-16-14-28(2)15-17-32)42-37-23-20-33(25-27-41-35-11-7-6-8-12-35)38(39(37)43-40)36-13-9-10-29(3)30(36)4/h6-23H,5,24-27H2,1-4H3. The minimum Gasteiger partial charge on any atom is -0.493 e. The maximum Gasteiger partial charge on any atom is 0.278 e. The van der Waals surface area contributed by atoms with Crippen molar-refractivity contribution >= 4 is 0 Å². The summed E-state index contributed by atoms with van der Waals surface area (Å²) >= 11 is 0. The van der Waals surface area contributed by atoms with Crippen molar-refractivity contribution in [3.8, 4) is 28.4 Å². The van der Waals surface area contributed by atoms with Crippen molar-refractivity contribution in [2.24, 2.45) is 0 Å². The Labute approximate surface area is 256 Å². The largest absolute Gasteiger partial charge is 0.493 e. The van der Waals surface area contributed by atoms with Gasteiger partial charge in [0.1, 0.15) is 5.75 Å². The van der Waals surface area contributed by atoms with Crippen molar-refractivity contribution in [3.63, 3.8) is 0 Å². The first-order valence-corrected chi connectivity index (χ1v) is 15.4. The van der Waals surface area contributed by atoms with E-state index in [1.807, 2.05) is 30.3 Å². The van der Waals surface area contributed by atoms with E-state index in [9.17, 15) is 0 Å². The van der Waals surface area contributed by atoms with Gasteiger partial charge in [-0.2, -0.15) is 0 Å². The molecule has 0 aliphatic carbocycles. The lowest BCUT2D eigenvalue weighted by Crippen LogP contribution is -2.36. The molecule has 0 radical (unpaired) electrons. The summed E-state index contributed by atoms with van der Waals surface area (Å²) in [5.74, 6) is 1.55. The second-order valence-electron chi connectivity index (χ2n) is 11.6. The van der Waals surface area contributed by atoms with Gasteiger partial charge in [0.25, 0.3) is 5.79 Å². The molecule has 0 saturated heterocycles. The van der Waals surface area contributed by atoms with Crippen LogP contribution in [0.4, 0.5) is 0 Å². The highest BCUT2D eigenvalue weighted by molar-refractivity contribution is 5.81. The highest BCUT2D eigenvalue weighted by Gasteiger charge is 2.45. The Morgan fingerprint density at radius 2 is 1.42 bits per heavy atom. The number of hydrogen-bond acceptors (Lipinski definition) is 3. The van der Waals surface area contributed by atoms with Crippen LogP contribution in [0.25, 0.3) is 11.1 Å². The van der Waals surface area contributed by atoms with E-state index in [1.165, 1.54) is 38.9 Å². The molecule has 0 saturated carbocycles. The second kappa shape index (κ2) is 12.4. The molecule has 5 aromatic rings. The van der Waals surface area contributed by atoms with Gasteiger partial charge < -0.3 is 14.2 Å². The van der Waals surface area contributed by atoms with Crippen LogP contribution >= 0.6 is 0 Å².